The summed E-state index contributed by atoms with van der Waals surface area (Å²) >= 11 is 0. The largest absolute Gasteiger partial charge is 0.481 e. The Balaban J connectivity index is 1.70. The Labute approximate surface area is 122 Å². The van der Waals surface area contributed by atoms with E-state index in [9.17, 15) is 9.59 Å². The SMILES string of the molecule is O=C(O)C1CCN(C(=O)Nc2ccc3ccccc3c2)C1. The molecule has 1 aliphatic rings. The third-order valence-corrected chi connectivity index (χ3v) is 3.83. The van der Waals surface area contributed by atoms with Gasteiger partial charge in [-0.1, -0.05) is 30.3 Å². The fourth-order valence-electron chi connectivity index (χ4n) is 2.62. The molecule has 5 nitrogen and oxygen atoms in total. The average Bonchev–Trinajstić information content (AvgIpc) is 2.97. The quantitative estimate of drug-likeness (QED) is 0.891. The van der Waals surface area contributed by atoms with Gasteiger partial charge in [-0.05, 0) is 29.3 Å². The van der Waals surface area contributed by atoms with Crippen LogP contribution < -0.4 is 5.32 Å². The van der Waals surface area contributed by atoms with E-state index in [-0.39, 0.29) is 12.6 Å². The third kappa shape index (κ3) is 2.81. The van der Waals surface area contributed by atoms with Crippen LogP contribution in [0.2, 0.25) is 0 Å². The second-order valence-corrected chi connectivity index (χ2v) is 5.26. The number of carbonyl (C=O) groups is 2. The van der Waals surface area contributed by atoms with Crippen molar-refractivity contribution in [2.24, 2.45) is 5.92 Å². The number of anilines is 1. The fourth-order valence-corrected chi connectivity index (χ4v) is 2.62. The number of hydrogen-bond donors (Lipinski definition) is 2. The normalized spacial score (nSPS) is 17.9. The minimum Gasteiger partial charge on any atom is -0.481 e. The second-order valence-electron chi connectivity index (χ2n) is 5.26. The smallest absolute Gasteiger partial charge is 0.321 e. The summed E-state index contributed by atoms with van der Waals surface area (Å²) in [4.78, 5) is 24.6. The van der Waals surface area contributed by atoms with E-state index in [4.69, 9.17) is 5.11 Å². The van der Waals surface area contributed by atoms with E-state index in [0.717, 1.165) is 16.5 Å². The van der Waals surface area contributed by atoms with Crippen LogP contribution in [0.4, 0.5) is 10.5 Å². The molecule has 21 heavy (non-hydrogen) atoms. The van der Waals surface area contributed by atoms with E-state index in [1.807, 2.05) is 42.5 Å². The van der Waals surface area contributed by atoms with Gasteiger partial charge in [0.2, 0.25) is 0 Å². The molecular weight excluding hydrogens is 268 g/mol. The molecule has 1 heterocycles. The number of aliphatic carboxylic acids is 1. The number of hydrogen-bond acceptors (Lipinski definition) is 2. The van der Waals surface area contributed by atoms with E-state index >= 15 is 0 Å². The monoisotopic (exact) mass is 284 g/mol. The molecule has 0 spiro atoms. The number of carboxylic acids is 1. The number of rotatable bonds is 2. The first-order valence-corrected chi connectivity index (χ1v) is 6.91. The Morgan fingerprint density at radius 2 is 1.90 bits per heavy atom. The molecule has 1 aliphatic heterocycles. The van der Waals surface area contributed by atoms with Crippen LogP contribution in [0, 0.1) is 5.92 Å². The number of urea groups is 1. The summed E-state index contributed by atoms with van der Waals surface area (Å²) in [5.41, 5.74) is 0.720. The number of fused-ring (bicyclic) bond motifs is 1. The van der Waals surface area contributed by atoms with Crippen LogP contribution >= 0.6 is 0 Å². The van der Waals surface area contributed by atoms with Crippen LogP contribution in [-0.4, -0.2) is 35.1 Å². The van der Waals surface area contributed by atoms with Crippen molar-refractivity contribution in [2.45, 2.75) is 6.42 Å². The summed E-state index contributed by atoms with van der Waals surface area (Å²) in [6.07, 6.45) is 0.514. The summed E-state index contributed by atoms with van der Waals surface area (Å²) in [7, 11) is 0. The Bertz CT molecular complexity index is 699. The van der Waals surface area contributed by atoms with Crippen LogP contribution in [0.15, 0.2) is 42.5 Å². The zero-order valence-corrected chi connectivity index (χ0v) is 11.5. The average molecular weight is 284 g/mol. The van der Waals surface area contributed by atoms with Crippen molar-refractivity contribution in [3.63, 3.8) is 0 Å². The van der Waals surface area contributed by atoms with Crippen molar-refractivity contribution in [1.29, 1.82) is 0 Å². The van der Waals surface area contributed by atoms with Crippen molar-refractivity contribution in [1.82, 2.24) is 4.90 Å². The van der Waals surface area contributed by atoms with Crippen molar-refractivity contribution < 1.29 is 14.7 Å². The van der Waals surface area contributed by atoms with Gasteiger partial charge in [0, 0.05) is 18.8 Å². The highest BCUT2D eigenvalue weighted by Gasteiger charge is 2.30. The molecule has 0 saturated carbocycles. The van der Waals surface area contributed by atoms with E-state index in [1.54, 1.807) is 4.90 Å². The Morgan fingerprint density at radius 3 is 2.62 bits per heavy atom. The maximum atomic E-state index is 12.1. The number of carboxylic acid groups (broad SMARTS) is 1. The molecule has 108 valence electrons. The lowest BCUT2D eigenvalue weighted by atomic mass is 10.1. The van der Waals surface area contributed by atoms with Gasteiger partial charge in [0.1, 0.15) is 0 Å². The van der Waals surface area contributed by atoms with Gasteiger partial charge < -0.3 is 15.3 Å². The minimum absolute atomic E-state index is 0.242. The van der Waals surface area contributed by atoms with Crippen LogP contribution in [0.5, 0.6) is 0 Å². The lowest BCUT2D eigenvalue weighted by molar-refractivity contribution is -0.141. The zero-order chi connectivity index (χ0) is 14.8. The molecule has 0 radical (unpaired) electrons. The van der Waals surface area contributed by atoms with E-state index in [1.165, 1.54) is 0 Å². The molecule has 1 atom stereocenters. The summed E-state index contributed by atoms with van der Waals surface area (Å²) < 4.78 is 0. The van der Waals surface area contributed by atoms with Gasteiger partial charge in [0.05, 0.1) is 5.92 Å². The first kappa shape index (κ1) is 13.4. The molecule has 3 rings (SSSR count). The van der Waals surface area contributed by atoms with Crippen LogP contribution in [0.25, 0.3) is 10.8 Å². The zero-order valence-electron chi connectivity index (χ0n) is 11.5. The fraction of sp³-hybridized carbons (Fsp3) is 0.250. The van der Waals surface area contributed by atoms with Gasteiger partial charge in [-0.2, -0.15) is 0 Å². The molecule has 5 heteroatoms. The van der Waals surface area contributed by atoms with Gasteiger partial charge in [-0.15, -0.1) is 0 Å². The van der Waals surface area contributed by atoms with Crippen LogP contribution in [0.3, 0.4) is 0 Å². The Hall–Kier alpha value is -2.56. The van der Waals surface area contributed by atoms with Crippen molar-refractivity contribution in [2.75, 3.05) is 18.4 Å². The first-order valence-electron chi connectivity index (χ1n) is 6.91. The number of carbonyl (C=O) groups excluding carboxylic acids is 1. The summed E-state index contributed by atoms with van der Waals surface area (Å²) in [5.74, 6) is -1.29. The van der Waals surface area contributed by atoms with Crippen molar-refractivity contribution >= 4 is 28.5 Å². The van der Waals surface area contributed by atoms with Gasteiger partial charge >= 0.3 is 12.0 Å². The highest BCUT2D eigenvalue weighted by Crippen LogP contribution is 2.21. The lowest BCUT2D eigenvalue weighted by Crippen LogP contribution is -2.33. The van der Waals surface area contributed by atoms with Gasteiger partial charge in [-0.25, -0.2) is 4.79 Å². The molecule has 1 unspecified atom stereocenters. The van der Waals surface area contributed by atoms with Gasteiger partial charge in [0.15, 0.2) is 0 Å². The molecule has 1 saturated heterocycles. The van der Waals surface area contributed by atoms with E-state index < -0.39 is 11.9 Å². The highest BCUT2D eigenvalue weighted by atomic mass is 16.4. The maximum Gasteiger partial charge on any atom is 0.321 e. The molecule has 0 aromatic heterocycles. The number of nitrogens with zero attached hydrogens (tertiary/aromatic N) is 1. The Morgan fingerprint density at radius 1 is 1.14 bits per heavy atom. The summed E-state index contributed by atoms with van der Waals surface area (Å²) in [6.45, 7) is 0.755. The van der Waals surface area contributed by atoms with Crippen molar-refractivity contribution in [3.8, 4) is 0 Å². The topological polar surface area (TPSA) is 69.6 Å². The van der Waals surface area contributed by atoms with Crippen LogP contribution in [-0.2, 0) is 4.79 Å². The molecule has 2 N–H and O–H groups in total. The first-order chi connectivity index (χ1) is 10.1. The molecule has 2 aromatic rings. The third-order valence-electron chi connectivity index (χ3n) is 3.83. The standard InChI is InChI=1S/C16H16N2O3/c19-15(20)13-7-8-18(10-13)16(21)17-14-6-5-11-3-1-2-4-12(11)9-14/h1-6,9,13H,7-8,10H2,(H,17,21)(H,19,20). The maximum absolute atomic E-state index is 12.1. The molecule has 1 fully saturated rings. The predicted octanol–water partition coefficient (Wildman–Crippen LogP) is 2.78. The highest BCUT2D eigenvalue weighted by molar-refractivity contribution is 5.93. The minimum atomic E-state index is -0.837. The van der Waals surface area contributed by atoms with Gasteiger partial charge in [0.25, 0.3) is 0 Å². The van der Waals surface area contributed by atoms with E-state index in [2.05, 4.69) is 5.32 Å². The second kappa shape index (κ2) is 5.44. The van der Waals surface area contributed by atoms with Gasteiger partial charge in [-0.3, -0.25) is 4.79 Å². The molecule has 2 amide bonds. The molecule has 2 aromatic carbocycles. The predicted molar refractivity (Wildman–Crippen MR) is 80.3 cm³/mol. The number of likely N-dealkylation sites (tertiary alicyclic amines) is 1. The molecular formula is C16H16N2O3. The van der Waals surface area contributed by atoms with Crippen LogP contribution in [0.1, 0.15) is 6.42 Å². The van der Waals surface area contributed by atoms with Crippen molar-refractivity contribution in [3.05, 3.63) is 42.5 Å². The Kier molecular flexibility index (Phi) is 3.48. The summed E-state index contributed by atoms with van der Waals surface area (Å²) in [5, 5.41) is 14.0. The summed E-state index contributed by atoms with van der Waals surface area (Å²) in [6, 6.07) is 13.4. The molecule has 0 bridgehead atoms. The number of benzene rings is 2. The number of amides is 2. The van der Waals surface area contributed by atoms with E-state index in [0.29, 0.717) is 13.0 Å². The lowest BCUT2D eigenvalue weighted by Gasteiger charge is -2.17. The molecule has 0 aliphatic carbocycles. The number of nitrogens with one attached hydrogen (secondary N) is 1.